The van der Waals surface area contributed by atoms with Crippen LogP contribution in [0.4, 0.5) is 5.00 Å². The molecule has 0 spiro atoms. The van der Waals surface area contributed by atoms with E-state index < -0.39 is 5.91 Å². The number of ether oxygens (including phenoxy) is 1. The first-order valence-corrected chi connectivity index (χ1v) is 7.77. The van der Waals surface area contributed by atoms with E-state index in [0.29, 0.717) is 10.6 Å². The molecule has 2 amide bonds. The normalized spacial score (nSPS) is 10.7. The number of nitrogens with two attached hydrogens (primary N) is 1. The van der Waals surface area contributed by atoms with E-state index in [1.54, 1.807) is 13.2 Å². The fourth-order valence-corrected chi connectivity index (χ4v) is 3.12. The number of aryl methyl sites for hydroxylation is 1. The van der Waals surface area contributed by atoms with Gasteiger partial charge in [-0.2, -0.15) is 0 Å². The lowest BCUT2D eigenvalue weighted by Crippen LogP contribution is -2.16. The summed E-state index contributed by atoms with van der Waals surface area (Å²) in [6, 6.07) is 7.32. The van der Waals surface area contributed by atoms with Crippen molar-refractivity contribution in [3.63, 3.8) is 0 Å². The largest absolute Gasteiger partial charge is 0.497 e. The molecule has 120 valence electrons. The second-order valence-corrected chi connectivity index (χ2v) is 6.17. The highest BCUT2D eigenvalue weighted by Gasteiger charge is 2.18. The maximum atomic E-state index is 12.0. The van der Waals surface area contributed by atoms with Crippen LogP contribution < -0.4 is 15.8 Å². The van der Waals surface area contributed by atoms with Gasteiger partial charge >= 0.3 is 0 Å². The highest BCUT2D eigenvalue weighted by atomic mass is 32.1. The Balaban J connectivity index is 2.11. The van der Waals surface area contributed by atoms with Gasteiger partial charge in [0.2, 0.25) is 5.91 Å². The lowest BCUT2D eigenvalue weighted by Gasteiger charge is -2.02. The molecule has 3 N–H and O–H groups in total. The fourth-order valence-electron chi connectivity index (χ4n) is 2.05. The van der Waals surface area contributed by atoms with E-state index in [1.165, 1.54) is 17.4 Å². The number of rotatable bonds is 5. The van der Waals surface area contributed by atoms with Gasteiger partial charge in [0, 0.05) is 11.0 Å². The van der Waals surface area contributed by atoms with Gasteiger partial charge in [0.1, 0.15) is 10.8 Å². The van der Waals surface area contributed by atoms with Crippen molar-refractivity contribution in [1.29, 1.82) is 0 Å². The Morgan fingerprint density at radius 2 is 1.87 bits per heavy atom. The van der Waals surface area contributed by atoms with Crippen LogP contribution in [0.1, 0.15) is 26.4 Å². The number of thiophene rings is 1. The molecule has 0 saturated carbocycles. The van der Waals surface area contributed by atoms with Gasteiger partial charge in [-0.1, -0.05) is 12.1 Å². The maximum Gasteiger partial charge on any atom is 0.251 e. The maximum absolute atomic E-state index is 12.0. The topological polar surface area (TPSA) is 81.4 Å². The lowest BCUT2D eigenvalue weighted by atomic mass is 10.1. The van der Waals surface area contributed by atoms with E-state index in [9.17, 15) is 9.59 Å². The second kappa shape index (κ2) is 7.11. The van der Waals surface area contributed by atoms with Gasteiger partial charge in [-0.15, -0.1) is 11.3 Å². The minimum Gasteiger partial charge on any atom is -0.497 e. The average molecular weight is 330 g/mol. The summed E-state index contributed by atoms with van der Waals surface area (Å²) < 4.78 is 5.08. The van der Waals surface area contributed by atoms with Crippen LogP contribution in [0, 0.1) is 13.8 Å². The summed E-state index contributed by atoms with van der Waals surface area (Å²) in [4.78, 5) is 24.5. The molecular formula is C17H18N2O3S. The van der Waals surface area contributed by atoms with Gasteiger partial charge in [0.05, 0.1) is 12.7 Å². The summed E-state index contributed by atoms with van der Waals surface area (Å²) in [7, 11) is 1.60. The van der Waals surface area contributed by atoms with E-state index in [-0.39, 0.29) is 5.91 Å². The molecule has 0 saturated heterocycles. The minimum atomic E-state index is -0.540. The van der Waals surface area contributed by atoms with Gasteiger partial charge in [-0.3, -0.25) is 9.59 Å². The van der Waals surface area contributed by atoms with E-state index in [0.717, 1.165) is 21.8 Å². The van der Waals surface area contributed by atoms with E-state index in [4.69, 9.17) is 10.5 Å². The zero-order chi connectivity index (χ0) is 17.0. The second-order valence-electron chi connectivity index (χ2n) is 4.95. The number of primary amides is 1. The Bertz CT molecular complexity index is 761. The van der Waals surface area contributed by atoms with Gasteiger partial charge < -0.3 is 15.8 Å². The molecule has 1 aromatic heterocycles. The molecule has 2 rings (SSSR count). The van der Waals surface area contributed by atoms with Crippen molar-refractivity contribution in [2.45, 2.75) is 13.8 Å². The first-order valence-electron chi connectivity index (χ1n) is 6.95. The van der Waals surface area contributed by atoms with Crippen LogP contribution in [-0.4, -0.2) is 18.9 Å². The van der Waals surface area contributed by atoms with Crippen molar-refractivity contribution in [2.75, 3.05) is 12.4 Å². The summed E-state index contributed by atoms with van der Waals surface area (Å²) in [6.45, 7) is 3.70. The number of nitrogens with one attached hydrogen (secondary N) is 1. The van der Waals surface area contributed by atoms with E-state index in [2.05, 4.69) is 5.32 Å². The monoisotopic (exact) mass is 330 g/mol. The van der Waals surface area contributed by atoms with E-state index >= 15 is 0 Å². The number of methoxy groups -OCH3 is 1. The predicted molar refractivity (Wildman–Crippen MR) is 93.0 cm³/mol. The minimum absolute atomic E-state index is 0.315. The average Bonchev–Trinajstić information content (AvgIpc) is 2.80. The quantitative estimate of drug-likeness (QED) is 0.826. The van der Waals surface area contributed by atoms with Crippen molar-refractivity contribution < 1.29 is 14.3 Å². The molecule has 0 fully saturated rings. The van der Waals surface area contributed by atoms with E-state index in [1.807, 2.05) is 38.1 Å². The number of carbonyl (C=O) groups is 2. The van der Waals surface area contributed by atoms with Gasteiger partial charge in [-0.25, -0.2) is 0 Å². The lowest BCUT2D eigenvalue weighted by molar-refractivity contribution is -0.111. The fraction of sp³-hybridized carbons (Fsp3) is 0.176. The molecule has 0 aliphatic heterocycles. The number of hydrogen-bond acceptors (Lipinski definition) is 4. The Morgan fingerprint density at radius 1 is 1.22 bits per heavy atom. The number of hydrogen-bond donors (Lipinski definition) is 2. The summed E-state index contributed by atoms with van der Waals surface area (Å²) in [5.74, 6) is -0.104. The first-order chi connectivity index (χ1) is 10.9. The number of carbonyl (C=O) groups excluding carboxylic acids is 2. The van der Waals surface area contributed by atoms with Gasteiger partial charge in [-0.05, 0) is 43.2 Å². The summed E-state index contributed by atoms with van der Waals surface area (Å²) in [5.41, 5.74) is 7.43. The molecule has 0 aliphatic rings. The molecule has 0 bridgehead atoms. The Labute approximate surface area is 138 Å². The van der Waals surface area contributed by atoms with Crippen LogP contribution in [0.3, 0.4) is 0 Å². The Morgan fingerprint density at radius 3 is 2.43 bits per heavy atom. The molecule has 0 atom stereocenters. The molecule has 1 aromatic carbocycles. The third kappa shape index (κ3) is 3.98. The van der Waals surface area contributed by atoms with Gasteiger partial charge in [0.15, 0.2) is 0 Å². The van der Waals surface area contributed by atoms with Crippen LogP contribution in [0.15, 0.2) is 30.3 Å². The molecule has 0 radical (unpaired) electrons. The van der Waals surface area contributed by atoms with Crippen LogP contribution in [0.5, 0.6) is 5.75 Å². The van der Waals surface area contributed by atoms with Crippen LogP contribution in [0.25, 0.3) is 6.08 Å². The van der Waals surface area contributed by atoms with Crippen molar-refractivity contribution >= 4 is 34.2 Å². The summed E-state index contributed by atoms with van der Waals surface area (Å²) in [6.07, 6.45) is 3.10. The van der Waals surface area contributed by atoms with Crippen molar-refractivity contribution in [3.8, 4) is 5.75 Å². The highest BCUT2D eigenvalue weighted by molar-refractivity contribution is 7.16. The first kappa shape index (κ1) is 16.8. The molecule has 23 heavy (non-hydrogen) atoms. The summed E-state index contributed by atoms with van der Waals surface area (Å²) >= 11 is 1.34. The smallest absolute Gasteiger partial charge is 0.251 e. The predicted octanol–water partition coefficient (Wildman–Crippen LogP) is 3.12. The van der Waals surface area contributed by atoms with Crippen molar-refractivity contribution in [3.05, 3.63) is 51.9 Å². The molecular weight excluding hydrogens is 312 g/mol. The number of amides is 2. The standard InChI is InChI=1S/C17H18N2O3S/c1-10-11(2)23-17(15(10)16(18)21)19-14(20)9-6-12-4-7-13(22-3)8-5-12/h4-9H,1-3H3,(H2,18,21)(H,19,20). The van der Waals surface area contributed by atoms with Crippen LogP contribution in [0.2, 0.25) is 0 Å². The van der Waals surface area contributed by atoms with Crippen LogP contribution >= 0.6 is 11.3 Å². The number of benzene rings is 1. The molecule has 0 aliphatic carbocycles. The zero-order valence-electron chi connectivity index (χ0n) is 13.2. The van der Waals surface area contributed by atoms with Gasteiger partial charge in [0.25, 0.3) is 5.91 Å². The Kier molecular flexibility index (Phi) is 5.18. The number of anilines is 1. The SMILES string of the molecule is COc1ccc(C=CC(=O)Nc2sc(C)c(C)c2C(N)=O)cc1. The molecule has 5 nitrogen and oxygen atoms in total. The van der Waals surface area contributed by atoms with Crippen molar-refractivity contribution in [2.24, 2.45) is 5.73 Å². The Hall–Kier alpha value is -2.60. The zero-order valence-corrected chi connectivity index (χ0v) is 14.0. The summed E-state index contributed by atoms with van der Waals surface area (Å²) in [5, 5.41) is 3.20. The highest BCUT2D eigenvalue weighted by Crippen LogP contribution is 2.32. The van der Waals surface area contributed by atoms with Crippen LogP contribution in [-0.2, 0) is 4.79 Å². The third-order valence-corrected chi connectivity index (χ3v) is 4.53. The molecule has 6 heteroatoms. The van der Waals surface area contributed by atoms with Crippen molar-refractivity contribution in [1.82, 2.24) is 0 Å². The molecule has 1 heterocycles. The molecule has 0 unspecified atom stereocenters. The molecule has 2 aromatic rings. The third-order valence-electron chi connectivity index (χ3n) is 3.41.